The van der Waals surface area contributed by atoms with Crippen LogP contribution in [0.5, 0.6) is 0 Å². The van der Waals surface area contributed by atoms with Gasteiger partial charge in [0, 0.05) is 11.6 Å². The maximum Gasteiger partial charge on any atom is 0.273 e. The highest BCUT2D eigenvalue weighted by atomic mass is 32.1. The van der Waals surface area contributed by atoms with Crippen LogP contribution in [0.3, 0.4) is 0 Å². The largest absolute Gasteiger partial charge is 0.352 e. The maximum atomic E-state index is 13.1. The van der Waals surface area contributed by atoms with Gasteiger partial charge in [0.1, 0.15) is 28.3 Å². The molecule has 1 N–H and O–H groups in total. The Hall–Kier alpha value is -2.61. The molecule has 4 rings (SSSR count). The summed E-state index contributed by atoms with van der Waals surface area (Å²) in [5, 5.41) is 2.96. The molecule has 26 heavy (non-hydrogen) atoms. The Labute approximate surface area is 152 Å². The number of carbonyl (C=O) groups excluding carboxylic acids is 1. The summed E-state index contributed by atoms with van der Waals surface area (Å²) in [4.78, 5) is 29.1. The molecule has 2 heterocycles. The molecule has 134 valence electrons. The van der Waals surface area contributed by atoms with Crippen LogP contribution in [-0.2, 0) is 11.3 Å². The Balaban J connectivity index is 1.60. The monoisotopic (exact) mass is 372 g/mol. The number of amides is 1. The van der Waals surface area contributed by atoms with Crippen molar-refractivity contribution in [3.8, 4) is 11.3 Å². The van der Waals surface area contributed by atoms with Gasteiger partial charge in [0.2, 0.25) is 5.91 Å². The molecule has 1 aromatic carbocycles. The number of carbonyl (C=O) groups is 1. The van der Waals surface area contributed by atoms with E-state index in [1.807, 2.05) is 0 Å². The second kappa shape index (κ2) is 6.95. The van der Waals surface area contributed by atoms with Gasteiger partial charge in [0.25, 0.3) is 5.56 Å². The first-order valence-corrected chi connectivity index (χ1v) is 9.29. The van der Waals surface area contributed by atoms with Crippen molar-refractivity contribution in [1.82, 2.24) is 19.2 Å². The number of fused-ring (bicyclic) bond motifs is 1. The smallest absolute Gasteiger partial charge is 0.273 e. The molecule has 8 heteroatoms. The number of benzene rings is 1. The summed E-state index contributed by atoms with van der Waals surface area (Å²) in [5.74, 6) is -0.514. The van der Waals surface area contributed by atoms with Crippen molar-refractivity contribution in [2.24, 2.45) is 0 Å². The summed E-state index contributed by atoms with van der Waals surface area (Å²) in [6.07, 6.45) is 5.62. The summed E-state index contributed by atoms with van der Waals surface area (Å²) in [6, 6.07) is 6.10. The maximum absolute atomic E-state index is 13.1. The molecule has 0 radical (unpaired) electrons. The van der Waals surface area contributed by atoms with E-state index in [1.165, 1.54) is 23.0 Å². The minimum absolute atomic E-state index is 0.0535. The van der Waals surface area contributed by atoms with E-state index in [9.17, 15) is 14.0 Å². The zero-order chi connectivity index (χ0) is 18.1. The average Bonchev–Trinajstić information content (AvgIpc) is 3.28. The van der Waals surface area contributed by atoms with Gasteiger partial charge >= 0.3 is 0 Å². The lowest BCUT2D eigenvalue weighted by molar-refractivity contribution is -0.122. The van der Waals surface area contributed by atoms with Crippen molar-refractivity contribution in [2.75, 3.05) is 0 Å². The van der Waals surface area contributed by atoms with E-state index in [0.29, 0.717) is 21.5 Å². The summed E-state index contributed by atoms with van der Waals surface area (Å²) < 4.78 is 19.1. The van der Waals surface area contributed by atoms with Crippen molar-refractivity contribution in [2.45, 2.75) is 38.3 Å². The highest BCUT2D eigenvalue weighted by molar-refractivity contribution is 7.13. The number of halogens is 1. The number of hydrogen-bond acceptors (Lipinski definition) is 5. The van der Waals surface area contributed by atoms with Gasteiger partial charge in [-0.25, -0.2) is 9.37 Å². The second-order valence-corrected chi connectivity index (χ2v) is 7.22. The van der Waals surface area contributed by atoms with Gasteiger partial charge in [-0.1, -0.05) is 12.8 Å². The third-order valence-electron chi connectivity index (χ3n) is 4.60. The summed E-state index contributed by atoms with van der Waals surface area (Å²) >= 11 is 1.04. The van der Waals surface area contributed by atoms with Crippen LogP contribution in [0.25, 0.3) is 21.5 Å². The Kier molecular flexibility index (Phi) is 4.50. The highest BCUT2D eigenvalue weighted by Gasteiger charge is 2.19. The highest BCUT2D eigenvalue weighted by Crippen LogP contribution is 2.27. The zero-order valence-corrected chi connectivity index (χ0v) is 14.8. The van der Waals surface area contributed by atoms with Gasteiger partial charge in [-0.3, -0.25) is 14.2 Å². The molecular weight excluding hydrogens is 355 g/mol. The predicted octanol–water partition coefficient (Wildman–Crippen LogP) is 2.72. The molecule has 1 aliphatic rings. The molecule has 0 aliphatic heterocycles. The molecule has 0 atom stereocenters. The molecule has 0 spiro atoms. The SMILES string of the molecule is O=C(Cn1cnc2c(-c3ccc(F)cc3)nsc2c1=O)NC1CCCC1. The van der Waals surface area contributed by atoms with Crippen molar-refractivity contribution >= 4 is 27.7 Å². The van der Waals surface area contributed by atoms with Crippen molar-refractivity contribution in [3.63, 3.8) is 0 Å². The molecule has 2 aromatic heterocycles. The summed E-state index contributed by atoms with van der Waals surface area (Å²) in [5.41, 5.74) is 1.42. The molecular formula is C18H17FN4O2S. The average molecular weight is 372 g/mol. The minimum Gasteiger partial charge on any atom is -0.352 e. The van der Waals surface area contributed by atoms with E-state index in [2.05, 4.69) is 14.7 Å². The lowest BCUT2D eigenvalue weighted by Gasteiger charge is -2.12. The van der Waals surface area contributed by atoms with Crippen LogP contribution in [0, 0.1) is 5.82 Å². The van der Waals surface area contributed by atoms with Crippen LogP contribution in [0.2, 0.25) is 0 Å². The van der Waals surface area contributed by atoms with Crippen LogP contribution in [0.4, 0.5) is 4.39 Å². The third-order valence-corrected chi connectivity index (χ3v) is 5.43. The Bertz CT molecular complexity index is 1010. The molecule has 0 saturated heterocycles. The molecule has 1 amide bonds. The summed E-state index contributed by atoms with van der Waals surface area (Å²) in [7, 11) is 0. The minimum atomic E-state index is -0.336. The van der Waals surface area contributed by atoms with E-state index in [0.717, 1.165) is 37.2 Å². The normalized spacial score (nSPS) is 14.8. The van der Waals surface area contributed by atoms with E-state index in [1.54, 1.807) is 12.1 Å². The van der Waals surface area contributed by atoms with Gasteiger partial charge in [0.05, 0.1) is 6.33 Å². The molecule has 1 aliphatic carbocycles. The molecule has 0 bridgehead atoms. The van der Waals surface area contributed by atoms with Gasteiger partial charge in [0.15, 0.2) is 0 Å². The predicted molar refractivity (Wildman–Crippen MR) is 97.5 cm³/mol. The summed E-state index contributed by atoms with van der Waals surface area (Å²) in [6.45, 7) is -0.0535. The van der Waals surface area contributed by atoms with E-state index in [-0.39, 0.29) is 29.9 Å². The first kappa shape index (κ1) is 16.8. The standard InChI is InChI=1S/C18H17FN4O2S/c19-12-7-5-11(6-8-12)15-16-17(26-22-15)18(25)23(10-20-16)9-14(24)21-13-3-1-2-4-13/h5-8,10,13H,1-4,9H2,(H,21,24). The number of rotatable bonds is 4. The molecule has 3 aromatic rings. The lowest BCUT2D eigenvalue weighted by atomic mass is 10.1. The zero-order valence-electron chi connectivity index (χ0n) is 13.9. The van der Waals surface area contributed by atoms with Crippen LogP contribution < -0.4 is 10.9 Å². The fourth-order valence-corrected chi connectivity index (χ4v) is 4.07. The molecule has 1 fully saturated rings. The third kappa shape index (κ3) is 3.24. The Morgan fingerprint density at radius 2 is 2.00 bits per heavy atom. The first-order valence-electron chi connectivity index (χ1n) is 8.52. The van der Waals surface area contributed by atoms with Crippen LogP contribution in [0.1, 0.15) is 25.7 Å². The van der Waals surface area contributed by atoms with Crippen molar-refractivity contribution in [1.29, 1.82) is 0 Å². The van der Waals surface area contributed by atoms with Crippen molar-refractivity contribution < 1.29 is 9.18 Å². The van der Waals surface area contributed by atoms with E-state index < -0.39 is 0 Å². The Morgan fingerprint density at radius 3 is 2.73 bits per heavy atom. The van der Waals surface area contributed by atoms with Crippen LogP contribution in [-0.4, -0.2) is 25.9 Å². The van der Waals surface area contributed by atoms with Crippen molar-refractivity contribution in [3.05, 3.63) is 46.8 Å². The van der Waals surface area contributed by atoms with Gasteiger partial charge in [-0.2, -0.15) is 4.37 Å². The lowest BCUT2D eigenvalue weighted by Crippen LogP contribution is -2.37. The van der Waals surface area contributed by atoms with E-state index in [4.69, 9.17) is 0 Å². The number of nitrogens with one attached hydrogen (secondary N) is 1. The molecule has 6 nitrogen and oxygen atoms in total. The van der Waals surface area contributed by atoms with Gasteiger partial charge in [-0.15, -0.1) is 0 Å². The molecule has 1 saturated carbocycles. The molecule has 0 unspecified atom stereocenters. The Morgan fingerprint density at radius 1 is 1.27 bits per heavy atom. The van der Waals surface area contributed by atoms with Gasteiger partial charge in [-0.05, 0) is 48.6 Å². The first-order chi connectivity index (χ1) is 12.6. The van der Waals surface area contributed by atoms with Gasteiger partial charge < -0.3 is 5.32 Å². The second-order valence-electron chi connectivity index (χ2n) is 6.44. The van der Waals surface area contributed by atoms with Crippen LogP contribution in [0.15, 0.2) is 35.4 Å². The topological polar surface area (TPSA) is 76.9 Å². The number of nitrogens with zero attached hydrogens (tertiary/aromatic N) is 3. The fraction of sp³-hybridized carbons (Fsp3) is 0.333. The fourth-order valence-electron chi connectivity index (χ4n) is 3.26. The van der Waals surface area contributed by atoms with E-state index >= 15 is 0 Å². The quantitative estimate of drug-likeness (QED) is 0.764. The van der Waals surface area contributed by atoms with Crippen LogP contribution >= 0.6 is 11.5 Å². The number of aromatic nitrogens is 3. The number of hydrogen-bond donors (Lipinski definition) is 1.